The van der Waals surface area contributed by atoms with Gasteiger partial charge in [-0.15, -0.1) is 0 Å². The molecule has 172 valence electrons. The molecule has 0 aromatic rings. The van der Waals surface area contributed by atoms with Crippen molar-refractivity contribution in [3.63, 3.8) is 0 Å². The van der Waals surface area contributed by atoms with E-state index in [2.05, 4.69) is 33.0 Å². The molecule has 1 unspecified atom stereocenters. The summed E-state index contributed by atoms with van der Waals surface area (Å²) in [5.41, 5.74) is 0. The molecule has 0 aliphatic carbocycles. The van der Waals surface area contributed by atoms with E-state index in [1.165, 1.54) is 0 Å². The number of rotatable bonds is 8. The van der Waals surface area contributed by atoms with Crippen molar-refractivity contribution in [2.24, 2.45) is 17.8 Å². The third-order valence-corrected chi connectivity index (χ3v) is 6.28. The zero-order valence-corrected chi connectivity index (χ0v) is 19.8. The summed E-state index contributed by atoms with van der Waals surface area (Å²) >= 11 is 0. The lowest BCUT2D eigenvalue weighted by atomic mass is 9.91. The van der Waals surface area contributed by atoms with Crippen LogP contribution in [0.2, 0.25) is 0 Å². The molecule has 7 nitrogen and oxygen atoms in total. The Kier molecular flexibility index (Phi) is 9.13. The second-order valence-electron chi connectivity index (χ2n) is 10.1. The van der Waals surface area contributed by atoms with Crippen molar-refractivity contribution in [2.75, 3.05) is 40.3 Å². The molecule has 7 heteroatoms. The van der Waals surface area contributed by atoms with Crippen LogP contribution in [0.5, 0.6) is 0 Å². The number of likely N-dealkylation sites (tertiary alicyclic amines) is 1. The Hall–Kier alpha value is -1.63. The summed E-state index contributed by atoms with van der Waals surface area (Å²) in [6.45, 7) is 11.1. The molecule has 1 N–H and O–H groups in total. The summed E-state index contributed by atoms with van der Waals surface area (Å²) < 4.78 is 0. The molecule has 2 fully saturated rings. The number of hydrogen-bond acceptors (Lipinski definition) is 4. The standard InChI is InChI=1S/C23H42N4O3/c1-16(2)13-19-22(29)27(12-9-24-19)20(14-17(3)4)23(30)26-10-7-18(8-11-26)15-21(28)25(5)6/h16-20,24H,7-15H2,1-6H3/t19-,20?/m0/s1. The Bertz CT molecular complexity index is 597. The van der Waals surface area contributed by atoms with E-state index in [4.69, 9.17) is 0 Å². The van der Waals surface area contributed by atoms with Crippen molar-refractivity contribution >= 4 is 17.7 Å². The lowest BCUT2D eigenvalue weighted by Crippen LogP contribution is -2.62. The molecule has 2 heterocycles. The van der Waals surface area contributed by atoms with Gasteiger partial charge in [-0.25, -0.2) is 0 Å². The molecule has 3 amide bonds. The average Bonchev–Trinajstić information content (AvgIpc) is 2.67. The van der Waals surface area contributed by atoms with Gasteiger partial charge < -0.3 is 20.0 Å². The Morgan fingerprint density at radius 2 is 1.70 bits per heavy atom. The molecule has 0 saturated carbocycles. The third-order valence-electron chi connectivity index (χ3n) is 6.28. The smallest absolute Gasteiger partial charge is 0.245 e. The normalized spacial score (nSPS) is 22.0. The monoisotopic (exact) mass is 422 g/mol. The van der Waals surface area contributed by atoms with Crippen molar-refractivity contribution in [3.8, 4) is 0 Å². The Morgan fingerprint density at radius 1 is 1.07 bits per heavy atom. The number of piperazine rings is 1. The van der Waals surface area contributed by atoms with E-state index in [-0.39, 0.29) is 29.8 Å². The molecule has 2 saturated heterocycles. The van der Waals surface area contributed by atoms with Gasteiger partial charge in [0.15, 0.2) is 0 Å². The van der Waals surface area contributed by atoms with E-state index in [0.29, 0.717) is 50.2 Å². The molecule has 2 aliphatic rings. The van der Waals surface area contributed by atoms with Crippen LogP contribution < -0.4 is 5.32 Å². The fourth-order valence-electron chi connectivity index (χ4n) is 4.53. The second kappa shape index (κ2) is 11.1. The molecule has 0 bridgehead atoms. The average molecular weight is 423 g/mol. The van der Waals surface area contributed by atoms with Gasteiger partial charge in [-0.1, -0.05) is 27.7 Å². The first-order valence-corrected chi connectivity index (χ1v) is 11.6. The van der Waals surface area contributed by atoms with Crippen LogP contribution in [0.1, 0.15) is 59.8 Å². The van der Waals surface area contributed by atoms with Crippen LogP contribution in [-0.2, 0) is 14.4 Å². The SMILES string of the molecule is CC(C)CC(C(=O)N1CCC(CC(=O)N(C)C)CC1)N1CCN[C@@H](CC(C)C)C1=O. The number of carbonyl (C=O) groups is 3. The number of piperidine rings is 1. The quantitative estimate of drug-likeness (QED) is 0.649. The molecule has 2 rings (SSSR count). The molecule has 30 heavy (non-hydrogen) atoms. The zero-order valence-electron chi connectivity index (χ0n) is 19.8. The van der Waals surface area contributed by atoms with Crippen LogP contribution in [0.4, 0.5) is 0 Å². The highest BCUT2D eigenvalue weighted by Crippen LogP contribution is 2.25. The summed E-state index contributed by atoms with van der Waals surface area (Å²) in [4.78, 5) is 44.0. The molecule has 2 aliphatic heterocycles. The molecule has 2 atom stereocenters. The van der Waals surface area contributed by atoms with Crippen molar-refractivity contribution in [1.29, 1.82) is 0 Å². The largest absolute Gasteiger partial charge is 0.349 e. The van der Waals surface area contributed by atoms with Crippen LogP contribution in [-0.4, -0.2) is 84.8 Å². The molecule has 0 aromatic heterocycles. The van der Waals surface area contributed by atoms with Gasteiger partial charge in [0.05, 0.1) is 6.04 Å². The number of carbonyl (C=O) groups excluding carboxylic acids is 3. The Labute approximate surface area is 182 Å². The number of nitrogens with zero attached hydrogens (tertiary/aromatic N) is 3. The van der Waals surface area contributed by atoms with Gasteiger partial charge in [-0.05, 0) is 43.4 Å². The highest BCUT2D eigenvalue weighted by molar-refractivity contribution is 5.90. The molecular weight excluding hydrogens is 380 g/mol. The van der Waals surface area contributed by atoms with Gasteiger partial charge in [-0.2, -0.15) is 0 Å². The molecule has 0 radical (unpaired) electrons. The highest BCUT2D eigenvalue weighted by atomic mass is 16.2. The predicted molar refractivity (Wildman–Crippen MR) is 119 cm³/mol. The number of nitrogens with one attached hydrogen (secondary N) is 1. The highest BCUT2D eigenvalue weighted by Gasteiger charge is 2.39. The summed E-state index contributed by atoms with van der Waals surface area (Å²) in [7, 11) is 3.57. The van der Waals surface area contributed by atoms with Gasteiger partial charge in [0.2, 0.25) is 17.7 Å². The lowest BCUT2D eigenvalue weighted by Gasteiger charge is -2.42. The fourth-order valence-corrected chi connectivity index (χ4v) is 4.53. The minimum atomic E-state index is -0.380. The number of hydrogen-bond donors (Lipinski definition) is 1. The predicted octanol–water partition coefficient (Wildman–Crippen LogP) is 1.96. The maximum atomic E-state index is 13.5. The van der Waals surface area contributed by atoms with E-state index in [1.54, 1.807) is 19.0 Å². The van der Waals surface area contributed by atoms with Crippen LogP contribution >= 0.6 is 0 Å². The first-order valence-electron chi connectivity index (χ1n) is 11.6. The van der Waals surface area contributed by atoms with Crippen molar-refractivity contribution in [1.82, 2.24) is 20.0 Å². The Morgan fingerprint density at radius 3 is 2.23 bits per heavy atom. The minimum Gasteiger partial charge on any atom is -0.349 e. The second-order valence-corrected chi connectivity index (χ2v) is 10.1. The lowest BCUT2D eigenvalue weighted by molar-refractivity contribution is -0.150. The summed E-state index contributed by atoms with van der Waals surface area (Å²) in [6, 6.07) is -0.571. The van der Waals surface area contributed by atoms with E-state index >= 15 is 0 Å². The van der Waals surface area contributed by atoms with Gasteiger partial charge in [0.25, 0.3) is 0 Å². The summed E-state index contributed by atoms with van der Waals surface area (Å²) in [5.74, 6) is 1.40. The van der Waals surface area contributed by atoms with Crippen molar-refractivity contribution < 1.29 is 14.4 Å². The van der Waals surface area contributed by atoms with Gasteiger partial charge in [0, 0.05) is 46.7 Å². The van der Waals surface area contributed by atoms with Crippen molar-refractivity contribution in [2.45, 2.75) is 71.9 Å². The van der Waals surface area contributed by atoms with E-state index < -0.39 is 0 Å². The fraction of sp³-hybridized carbons (Fsp3) is 0.870. The zero-order chi connectivity index (χ0) is 22.4. The van der Waals surface area contributed by atoms with E-state index in [9.17, 15) is 14.4 Å². The molecular formula is C23H42N4O3. The van der Waals surface area contributed by atoms with Crippen LogP contribution in [0.25, 0.3) is 0 Å². The Balaban J connectivity index is 2.04. The van der Waals surface area contributed by atoms with Crippen molar-refractivity contribution in [3.05, 3.63) is 0 Å². The first-order chi connectivity index (χ1) is 14.1. The third kappa shape index (κ3) is 6.69. The van der Waals surface area contributed by atoms with E-state index in [1.807, 2.05) is 9.80 Å². The van der Waals surface area contributed by atoms with Gasteiger partial charge in [-0.3, -0.25) is 14.4 Å². The topological polar surface area (TPSA) is 73.0 Å². The maximum Gasteiger partial charge on any atom is 0.245 e. The first kappa shape index (κ1) is 24.6. The molecule has 0 aromatic carbocycles. The van der Waals surface area contributed by atoms with Gasteiger partial charge in [0.1, 0.15) is 6.04 Å². The van der Waals surface area contributed by atoms with Crippen LogP contribution in [0.15, 0.2) is 0 Å². The van der Waals surface area contributed by atoms with E-state index in [0.717, 1.165) is 25.8 Å². The summed E-state index contributed by atoms with van der Waals surface area (Å²) in [5, 5.41) is 3.34. The number of amides is 3. The maximum absolute atomic E-state index is 13.5. The van der Waals surface area contributed by atoms with Gasteiger partial charge >= 0.3 is 0 Å². The van der Waals surface area contributed by atoms with Crippen LogP contribution in [0.3, 0.4) is 0 Å². The summed E-state index contributed by atoms with van der Waals surface area (Å²) in [6.07, 6.45) is 3.75. The minimum absolute atomic E-state index is 0.0698. The molecule has 0 spiro atoms. The van der Waals surface area contributed by atoms with Crippen LogP contribution in [0, 0.1) is 17.8 Å².